The number of pyridine rings is 1. The average molecular weight is 269 g/mol. The molecule has 0 saturated heterocycles. The number of hydrogen-bond acceptors (Lipinski definition) is 6. The smallest absolute Gasteiger partial charge is 0.339 e. The summed E-state index contributed by atoms with van der Waals surface area (Å²) in [4.78, 5) is 26.7. The van der Waals surface area contributed by atoms with Gasteiger partial charge in [-0.05, 0) is 6.92 Å². The van der Waals surface area contributed by atoms with E-state index in [4.69, 9.17) is 9.84 Å². The second-order valence-electron chi connectivity index (χ2n) is 3.70. The minimum absolute atomic E-state index is 0.188. The lowest BCUT2D eigenvalue weighted by atomic mass is 10.2. The normalized spacial score (nSPS) is 10.2. The summed E-state index contributed by atoms with van der Waals surface area (Å²) >= 11 is 0. The molecule has 0 aromatic carbocycles. The molecule has 1 rings (SSSR count). The summed E-state index contributed by atoms with van der Waals surface area (Å²) in [7, 11) is 1.54. The van der Waals surface area contributed by atoms with Crippen LogP contribution in [0.5, 0.6) is 0 Å². The zero-order chi connectivity index (χ0) is 14.4. The second kappa shape index (κ2) is 6.64. The molecule has 0 atom stereocenters. The predicted molar refractivity (Wildman–Crippen MR) is 67.6 cm³/mol. The molecule has 19 heavy (non-hydrogen) atoms. The summed E-state index contributed by atoms with van der Waals surface area (Å²) in [6, 6.07) is 1.01. The summed E-state index contributed by atoms with van der Waals surface area (Å²) in [6.45, 7) is 3.22. The van der Waals surface area contributed by atoms with Gasteiger partial charge < -0.3 is 14.7 Å². The van der Waals surface area contributed by atoms with Crippen molar-refractivity contribution >= 4 is 17.5 Å². The number of nitrogens with zero attached hydrogens (tertiary/aromatic N) is 3. The van der Waals surface area contributed by atoms with Gasteiger partial charge in [0.25, 0.3) is 5.69 Å². The van der Waals surface area contributed by atoms with Gasteiger partial charge in [-0.2, -0.15) is 0 Å². The van der Waals surface area contributed by atoms with Crippen molar-refractivity contribution in [3.8, 4) is 0 Å². The number of likely N-dealkylation sites (N-methyl/N-ethyl adjacent to an activating group) is 1. The molecule has 0 aliphatic rings. The van der Waals surface area contributed by atoms with Crippen molar-refractivity contribution in [2.24, 2.45) is 0 Å². The molecule has 0 aliphatic heterocycles. The highest BCUT2D eigenvalue weighted by Gasteiger charge is 2.20. The Kier molecular flexibility index (Phi) is 5.19. The summed E-state index contributed by atoms with van der Waals surface area (Å²) in [6.07, 6.45) is 1.05. The number of carboxylic acid groups (broad SMARTS) is 1. The van der Waals surface area contributed by atoms with Crippen molar-refractivity contribution in [3.63, 3.8) is 0 Å². The number of carbonyl (C=O) groups is 1. The highest BCUT2D eigenvalue weighted by atomic mass is 16.6. The number of ether oxygens (including phenoxy) is 1. The van der Waals surface area contributed by atoms with Crippen LogP contribution >= 0.6 is 0 Å². The van der Waals surface area contributed by atoms with Crippen LogP contribution in [0.3, 0.4) is 0 Å². The standard InChI is InChI=1S/C11H15N3O5/c1-3-13(4-5-19-2)10-9(11(15)16)6-8(7-12-10)14(17)18/h6-7H,3-5H2,1-2H3,(H,15,16). The minimum Gasteiger partial charge on any atom is -0.478 e. The molecule has 1 N–H and O–H groups in total. The number of nitro groups is 1. The summed E-state index contributed by atoms with van der Waals surface area (Å²) in [5, 5.41) is 19.8. The summed E-state index contributed by atoms with van der Waals surface area (Å²) < 4.78 is 4.93. The molecule has 1 aromatic heterocycles. The molecule has 0 fully saturated rings. The SMILES string of the molecule is CCN(CCOC)c1ncc([N+](=O)[O-])cc1C(=O)O. The monoisotopic (exact) mass is 269 g/mol. The van der Waals surface area contributed by atoms with Crippen LogP contribution in [-0.2, 0) is 4.74 Å². The van der Waals surface area contributed by atoms with Gasteiger partial charge in [0.05, 0.1) is 11.5 Å². The van der Waals surface area contributed by atoms with E-state index >= 15 is 0 Å². The lowest BCUT2D eigenvalue weighted by Crippen LogP contribution is -2.29. The van der Waals surface area contributed by atoms with E-state index in [1.165, 1.54) is 7.11 Å². The topological polar surface area (TPSA) is 106 Å². The van der Waals surface area contributed by atoms with Crippen molar-refractivity contribution < 1.29 is 19.6 Å². The van der Waals surface area contributed by atoms with Crippen molar-refractivity contribution in [1.29, 1.82) is 0 Å². The third kappa shape index (κ3) is 3.62. The fourth-order valence-electron chi connectivity index (χ4n) is 1.57. The number of aromatic carboxylic acids is 1. The van der Waals surface area contributed by atoms with Crippen LogP contribution in [0.15, 0.2) is 12.3 Å². The molecule has 0 radical (unpaired) electrons. The highest BCUT2D eigenvalue weighted by Crippen LogP contribution is 2.22. The Morgan fingerprint density at radius 3 is 2.79 bits per heavy atom. The Morgan fingerprint density at radius 2 is 2.32 bits per heavy atom. The quantitative estimate of drug-likeness (QED) is 0.584. The van der Waals surface area contributed by atoms with E-state index in [0.29, 0.717) is 19.7 Å². The first-order valence-corrected chi connectivity index (χ1v) is 5.62. The van der Waals surface area contributed by atoms with E-state index in [9.17, 15) is 14.9 Å². The van der Waals surface area contributed by atoms with E-state index in [2.05, 4.69) is 4.98 Å². The molecule has 0 aliphatic carbocycles. The van der Waals surface area contributed by atoms with Gasteiger partial charge >= 0.3 is 5.97 Å². The maximum Gasteiger partial charge on any atom is 0.339 e. The first-order valence-electron chi connectivity index (χ1n) is 5.62. The molecule has 1 aromatic rings. The first kappa shape index (κ1) is 14.8. The number of rotatable bonds is 7. The van der Waals surface area contributed by atoms with Gasteiger partial charge in [-0.25, -0.2) is 9.78 Å². The molecule has 8 nitrogen and oxygen atoms in total. The molecule has 0 unspecified atom stereocenters. The lowest BCUT2D eigenvalue weighted by Gasteiger charge is -2.22. The van der Waals surface area contributed by atoms with E-state index in [1.54, 1.807) is 4.90 Å². The fourth-order valence-corrected chi connectivity index (χ4v) is 1.57. The molecule has 1 heterocycles. The molecular weight excluding hydrogens is 254 g/mol. The Labute approximate surface area is 109 Å². The molecule has 104 valence electrons. The van der Waals surface area contributed by atoms with Crippen molar-refractivity contribution in [2.45, 2.75) is 6.92 Å². The molecule has 0 amide bonds. The number of anilines is 1. The number of hydrogen-bond donors (Lipinski definition) is 1. The van der Waals surface area contributed by atoms with Crippen LogP contribution in [0, 0.1) is 10.1 Å². The lowest BCUT2D eigenvalue weighted by molar-refractivity contribution is -0.385. The van der Waals surface area contributed by atoms with Crippen LogP contribution in [-0.4, -0.2) is 47.8 Å². The summed E-state index contributed by atoms with van der Waals surface area (Å²) in [5.41, 5.74) is -0.531. The van der Waals surface area contributed by atoms with Crippen LogP contribution in [0.2, 0.25) is 0 Å². The van der Waals surface area contributed by atoms with E-state index in [0.717, 1.165) is 12.3 Å². The molecule has 0 bridgehead atoms. The van der Waals surface area contributed by atoms with Crippen LogP contribution in [0.1, 0.15) is 17.3 Å². The first-order chi connectivity index (χ1) is 9.01. The van der Waals surface area contributed by atoms with Gasteiger partial charge in [-0.3, -0.25) is 10.1 Å². The van der Waals surface area contributed by atoms with Gasteiger partial charge in [0, 0.05) is 26.3 Å². The van der Waals surface area contributed by atoms with Crippen molar-refractivity contribution in [2.75, 3.05) is 31.7 Å². The Bertz CT molecular complexity index is 477. The van der Waals surface area contributed by atoms with E-state index in [-0.39, 0.29) is 17.1 Å². The van der Waals surface area contributed by atoms with Gasteiger partial charge in [0.2, 0.25) is 0 Å². The zero-order valence-corrected chi connectivity index (χ0v) is 10.7. The van der Waals surface area contributed by atoms with Crippen LogP contribution in [0.25, 0.3) is 0 Å². The Balaban J connectivity index is 3.17. The van der Waals surface area contributed by atoms with Crippen LogP contribution < -0.4 is 4.90 Å². The number of aromatic nitrogens is 1. The maximum absolute atomic E-state index is 11.2. The fraction of sp³-hybridized carbons (Fsp3) is 0.455. The molecule has 0 saturated carbocycles. The maximum atomic E-state index is 11.2. The molecular formula is C11H15N3O5. The number of methoxy groups -OCH3 is 1. The predicted octanol–water partition coefficient (Wildman–Crippen LogP) is 1.16. The average Bonchev–Trinajstić information content (AvgIpc) is 2.39. The van der Waals surface area contributed by atoms with Gasteiger partial charge in [-0.15, -0.1) is 0 Å². The summed E-state index contributed by atoms with van der Waals surface area (Å²) in [5.74, 6) is -1.04. The zero-order valence-electron chi connectivity index (χ0n) is 10.7. The second-order valence-corrected chi connectivity index (χ2v) is 3.70. The van der Waals surface area contributed by atoms with Crippen molar-refractivity contribution in [3.05, 3.63) is 27.9 Å². The third-order valence-corrected chi connectivity index (χ3v) is 2.54. The molecule has 8 heteroatoms. The van der Waals surface area contributed by atoms with E-state index in [1.807, 2.05) is 6.92 Å². The Hall–Kier alpha value is -2.22. The van der Waals surface area contributed by atoms with E-state index < -0.39 is 10.9 Å². The largest absolute Gasteiger partial charge is 0.478 e. The van der Waals surface area contributed by atoms with Crippen molar-refractivity contribution in [1.82, 2.24) is 4.98 Å². The number of carboxylic acids is 1. The van der Waals surface area contributed by atoms with Gasteiger partial charge in [0.1, 0.15) is 17.6 Å². The third-order valence-electron chi connectivity index (χ3n) is 2.54. The minimum atomic E-state index is -1.25. The van der Waals surface area contributed by atoms with Gasteiger partial charge in [0.15, 0.2) is 0 Å². The molecule has 0 spiro atoms. The van der Waals surface area contributed by atoms with Crippen LogP contribution in [0.4, 0.5) is 11.5 Å². The van der Waals surface area contributed by atoms with Gasteiger partial charge in [-0.1, -0.05) is 0 Å². The highest BCUT2D eigenvalue weighted by molar-refractivity contribution is 5.94. The Morgan fingerprint density at radius 1 is 1.63 bits per heavy atom.